The van der Waals surface area contributed by atoms with E-state index in [-0.39, 0.29) is 11.8 Å². The van der Waals surface area contributed by atoms with Gasteiger partial charge in [0.2, 0.25) is 10.0 Å². The number of hydrogen-bond acceptors (Lipinski definition) is 4. The van der Waals surface area contributed by atoms with E-state index in [2.05, 4.69) is 9.82 Å². The van der Waals surface area contributed by atoms with Gasteiger partial charge < -0.3 is 5.73 Å². The molecule has 0 radical (unpaired) electrons. The number of nitrogens with zero attached hydrogens (tertiary/aromatic N) is 2. The Morgan fingerprint density at radius 1 is 1.35 bits per heavy atom. The van der Waals surface area contributed by atoms with E-state index in [0.717, 1.165) is 0 Å². The molecule has 108 valence electrons. The maximum Gasteiger partial charge on any atom is 0.238 e. The minimum absolute atomic E-state index is 0.0788. The van der Waals surface area contributed by atoms with Crippen LogP contribution in [-0.4, -0.2) is 18.2 Å². The molecule has 0 fully saturated rings. The van der Waals surface area contributed by atoms with Crippen LogP contribution in [-0.2, 0) is 15.8 Å². The van der Waals surface area contributed by atoms with Crippen molar-refractivity contribution in [3.63, 3.8) is 0 Å². The quantitative estimate of drug-likeness (QED) is 0.825. The smallest absolute Gasteiger partial charge is 0.238 e. The van der Waals surface area contributed by atoms with Crippen molar-refractivity contribution in [2.24, 2.45) is 0 Å². The van der Waals surface area contributed by atoms with Crippen molar-refractivity contribution >= 4 is 21.5 Å². The first kappa shape index (κ1) is 14.4. The second-order valence-corrected chi connectivity index (χ2v) is 6.58. The SMILES string of the molecule is CC(C)n1nccc1NS(=O)(=O)Cc1cccc(N)c1. The third-order valence-corrected chi connectivity index (χ3v) is 3.96. The normalized spacial score (nSPS) is 11.8. The average Bonchev–Trinajstić information content (AvgIpc) is 2.75. The second kappa shape index (κ2) is 5.54. The molecule has 0 aliphatic rings. The molecule has 1 aromatic heterocycles. The molecule has 0 aliphatic heterocycles. The number of nitrogens with two attached hydrogens (primary N) is 1. The van der Waals surface area contributed by atoms with E-state index in [9.17, 15) is 8.42 Å². The molecule has 0 bridgehead atoms. The molecule has 6 nitrogen and oxygen atoms in total. The second-order valence-electron chi connectivity index (χ2n) is 4.86. The monoisotopic (exact) mass is 294 g/mol. The van der Waals surface area contributed by atoms with Crippen LogP contribution in [0.1, 0.15) is 25.5 Å². The highest BCUT2D eigenvalue weighted by Gasteiger charge is 2.15. The summed E-state index contributed by atoms with van der Waals surface area (Å²) >= 11 is 0. The zero-order chi connectivity index (χ0) is 14.8. The van der Waals surface area contributed by atoms with E-state index in [1.165, 1.54) is 0 Å². The fraction of sp³-hybridized carbons (Fsp3) is 0.308. The molecule has 0 atom stereocenters. The summed E-state index contributed by atoms with van der Waals surface area (Å²) in [5.74, 6) is 0.338. The Morgan fingerprint density at radius 3 is 2.75 bits per heavy atom. The lowest BCUT2D eigenvalue weighted by atomic mass is 10.2. The van der Waals surface area contributed by atoms with Crippen molar-refractivity contribution in [3.05, 3.63) is 42.1 Å². The number of anilines is 2. The van der Waals surface area contributed by atoms with Gasteiger partial charge in [0.1, 0.15) is 5.82 Å². The maximum atomic E-state index is 12.2. The maximum absolute atomic E-state index is 12.2. The van der Waals surface area contributed by atoms with Gasteiger partial charge in [0.05, 0.1) is 11.9 Å². The summed E-state index contributed by atoms with van der Waals surface area (Å²) in [6.45, 7) is 3.87. The van der Waals surface area contributed by atoms with Crippen LogP contribution in [0.4, 0.5) is 11.5 Å². The third kappa shape index (κ3) is 3.51. The predicted molar refractivity (Wildman–Crippen MR) is 79.7 cm³/mol. The van der Waals surface area contributed by atoms with E-state index in [1.54, 1.807) is 41.2 Å². The molecule has 2 rings (SSSR count). The molecule has 1 aromatic carbocycles. The highest BCUT2D eigenvalue weighted by Crippen LogP contribution is 2.17. The molecule has 2 aromatic rings. The van der Waals surface area contributed by atoms with Gasteiger partial charge in [0.25, 0.3) is 0 Å². The molecule has 20 heavy (non-hydrogen) atoms. The first-order valence-corrected chi connectivity index (χ1v) is 7.91. The summed E-state index contributed by atoms with van der Waals surface area (Å²) in [7, 11) is -3.50. The van der Waals surface area contributed by atoms with Crippen LogP contribution in [0.15, 0.2) is 36.5 Å². The van der Waals surface area contributed by atoms with Crippen LogP contribution in [0.2, 0.25) is 0 Å². The van der Waals surface area contributed by atoms with Crippen molar-refractivity contribution < 1.29 is 8.42 Å². The zero-order valence-electron chi connectivity index (χ0n) is 11.4. The number of aromatic nitrogens is 2. The Kier molecular flexibility index (Phi) is 3.99. The molecule has 0 spiro atoms. The van der Waals surface area contributed by atoms with Crippen LogP contribution in [0.3, 0.4) is 0 Å². The summed E-state index contributed by atoms with van der Waals surface area (Å²) in [5, 5.41) is 4.09. The van der Waals surface area contributed by atoms with Crippen molar-refractivity contribution in [2.45, 2.75) is 25.6 Å². The number of benzene rings is 1. The van der Waals surface area contributed by atoms with Gasteiger partial charge in [0.15, 0.2) is 0 Å². The van der Waals surface area contributed by atoms with Gasteiger partial charge in [-0.2, -0.15) is 5.10 Å². The van der Waals surface area contributed by atoms with Crippen molar-refractivity contribution in [3.8, 4) is 0 Å². The first-order valence-electron chi connectivity index (χ1n) is 6.26. The van der Waals surface area contributed by atoms with Gasteiger partial charge in [-0.05, 0) is 31.5 Å². The lowest BCUT2D eigenvalue weighted by Crippen LogP contribution is -2.18. The molecule has 3 N–H and O–H groups in total. The zero-order valence-corrected chi connectivity index (χ0v) is 12.3. The van der Waals surface area contributed by atoms with E-state index in [4.69, 9.17) is 5.73 Å². The van der Waals surface area contributed by atoms with Crippen LogP contribution in [0, 0.1) is 0 Å². The molecule has 7 heteroatoms. The largest absolute Gasteiger partial charge is 0.399 e. The number of nitrogen functional groups attached to an aromatic ring is 1. The van der Waals surface area contributed by atoms with Crippen molar-refractivity contribution in [2.75, 3.05) is 10.5 Å². The van der Waals surface area contributed by atoms with Crippen molar-refractivity contribution in [1.29, 1.82) is 0 Å². The Bertz CT molecular complexity index is 692. The number of sulfonamides is 1. The summed E-state index contributed by atoms with van der Waals surface area (Å²) < 4.78 is 28.5. The highest BCUT2D eigenvalue weighted by molar-refractivity contribution is 7.91. The highest BCUT2D eigenvalue weighted by atomic mass is 32.2. The Hall–Kier alpha value is -2.02. The van der Waals surface area contributed by atoms with Gasteiger partial charge in [-0.1, -0.05) is 12.1 Å². The molecule has 1 heterocycles. The Labute approximate surface area is 118 Å². The van der Waals surface area contributed by atoms with Crippen LogP contribution in [0.25, 0.3) is 0 Å². The van der Waals surface area contributed by atoms with Crippen LogP contribution >= 0.6 is 0 Å². The molecule has 0 amide bonds. The lowest BCUT2D eigenvalue weighted by molar-refractivity contribution is 0.539. The lowest BCUT2D eigenvalue weighted by Gasteiger charge is -2.13. The van der Waals surface area contributed by atoms with Gasteiger partial charge in [-0.3, -0.25) is 4.72 Å². The predicted octanol–water partition coefficient (Wildman–Crippen LogP) is 1.99. The number of hydrogen-bond donors (Lipinski definition) is 2. The topological polar surface area (TPSA) is 90.0 Å². The fourth-order valence-electron chi connectivity index (χ4n) is 1.90. The average molecular weight is 294 g/mol. The van der Waals surface area contributed by atoms with Crippen molar-refractivity contribution in [1.82, 2.24) is 9.78 Å². The van der Waals surface area contributed by atoms with E-state index in [1.807, 2.05) is 13.8 Å². The van der Waals surface area contributed by atoms with Gasteiger partial charge >= 0.3 is 0 Å². The molecule has 0 saturated heterocycles. The van der Waals surface area contributed by atoms with E-state index >= 15 is 0 Å². The van der Waals surface area contributed by atoms with Crippen LogP contribution in [0.5, 0.6) is 0 Å². The Balaban J connectivity index is 2.17. The first-order chi connectivity index (χ1) is 9.37. The van der Waals surface area contributed by atoms with Crippen LogP contribution < -0.4 is 10.5 Å². The number of nitrogens with one attached hydrogen (secondary N) is 1. The standard InChI is InChI=1S/C13H18N4O2S/c1-10(2)17-13(6-7-15-17)16-20(18,19)9-11-4-3-5-12(14)8-11/h3-8,10,16H,9,14H2,1-2H3. The minimum atomic E-state index is -3.50. The fourth-order valence-corrected chi connectivity index (χ4v) is 3.08. The summed E-state index contributed by atoms with van der Waals surface area (Å²) in [6, 6.07) is 8.55. The van der Waals surface area contributed by atoms with E-state index < -0.39 is 10.0 Å². The summed E-state index contributed by atoms with van der Waals surface area (Å²) in [4.78, 5) is 0. The summed E-state index contributed by atoms with van der Waals surface area (Å²) in [6.07, 6.45) is 1.57. The minimum Gasteiger partial charge on any atom is -0.399 e. The molecular formula is C13H18N4O2S. The van der Waals surface area contributed by atoms with E-state index in [0.29, 0.717) is 17.1 Å². The summed E-state index contributed by atoms with van der Waals surface area (Å²) in [5.41, 5.74) is 6.84. The molecule has 0 saturated carbocycles. The Morgan fingerprint density at radius 2 is 2.10 bits per heavy atom. The molecule has 0 aliphatic carbocycles. The van der Waals surface area contributed by atoms with Gasteiger partial charge in [-0.15, -0.1) is 0 Å². The molecular weight excluding hydrogens is 276 g/mol. The third-order valence-electron chi connectivity index (χ3n) is 2.73. The number of rotatable bonds is 5. The van der Waals surface area contributed by atoms with Gasteiger partial charge in [-0.25, -0.2) is 13.1 Å². The molecule has 0 unspecified atom stereocenters. The van der Waals surface area contributed by atoms with Gasteiger partial charge in [0, 0.05) is 17.8 Å².